The van der Waals surface area contributed by atoms with Gasteiger partial charge < -0.3 is 19.9 Å². The van der Waals surface area contributed by atoms with Gasteiger partial charge in [-0.3, -0.25) is 9.59 Å². The largest absolute Gasteiger partial charge is 0.491 e. The Morgan fingerprint density at radius 1 is 1.16 bits per heavy atom. The number of ether oxygens (including phenoxy) is 1. The molecule has 2 N–H and O–H groups in total. The second-order valence-electron chi connectivity index (χ2n) is 6.44. The Bertz CT molecular complexity index is 767. The van der Waals surface area contributed by atoms with Gasteiger partial charge in [0.25, 0.3) is 0 Å². The predicted octanol–water partition coefficient (Wildman–Crippen LogP) is 2.98. The Kier molecular flexibility index (Phi) is 4.74. The molecule has 132 valence electrons. The summed E-state index contributed by atoms with van der Waals surface area (Å²) >= 11 is 0. The van der Waals surface area contributed by atoms with Crippen LogP contribution in [0.3, 0.4) is 0 Å². The van der Waals surface area contributed by atoms with Crippen LogP contribution in [0.5, 0.6) is 5.75 Å². The molecule has 2 amide bonds. The van der Waals surface area contributed by atoms with Gasteiger partial charge in [0.2, 0.25) is 11.8 Å². The van der Waals surface area contributed by atoms with Crippen LogP contribution in [0.15, 0.2) is 34.9 Å². The number of carbonyl (C=O) groups excluding carboxylic acids is 2. The summed E-state index contributed by atoms with van der Waals surface area (Å²) in [7, 11) is 0. The van der Waals surface area contributed by atoms with Gasteiger partial charge in [-0.25, -0.2) is 0 Å². The van der Waals surface area contributed by atoms with Crippen molar-refractivity contribution in [2.45, 2.75) is 33.3 Å². The fourth-order valence-corrected chi connectivity index (χ4v) is 2.54. The fraction of sp³-hybridized carbons (Fsp3) is 0.389. The molecule has 0 spiro atoms. The number of aromatic nitrogens is 1. The first-order valence-corrected chi connectivity index (χ1v) is 8.24. The van der Waals surface area contributed by atoms with Crippen molar-refractivity contribution in [3.63, 3.8) is 0 Å². The zero-order valence-corrected chi connectivity index (χ0v) is 14.4. The van der Waals surface area contributed by atoms with Gasteiger partial charge in [0, 0.05) is 11.8 Å². The minimum atomic E-state index is -0.333. The summed E-state index contributed by atoms with van der Waals surface area (Å²) in [4.78, 5) is 24.4. The number of hydrogen-bond acceptors (Lipinski definition) is 5. The van der Waals surface area contributed by atoms with Crippen LogP contribution in [0.25, 0.3) is 0 Å². The Balaban J connectivity index is 1.50. The van der Waals surface area contributed by atoms with E-state index in [0.717, 1.165) is 5.75 Å². The first-order chi connectivity index (χ1) is 11.9. The lowest BCUT2D eigenvalue weighted by Gasteiger charge is -2.10. The summed E-state index contributed by atoms with van der Waals surface area (Å²) in [6, 6.07) is 8.81. The number of carbonyl (C=O) groups is 2. The van der Waals surface area contributed by atoms with Crippen molar-refractivity contribution in [2.24, 2.45) is 11.8 Å². The minimum Gasteiger partial charge on any atom is -0.491 e. The van der Waals surface area contributed by atoms with E-state index in [1.807, 2.05) is 13.8 Å². The quantitative estimate of drug-likeness (QED) is 0.841. The maximum atomic E-state index is 12.3. The molecule has 2 atom stereocenters. The minimum absolute atomic E-state index is 0.0969. The predicted molar refractivity (Wildman–Crippen MR) is 92.3 cm³/mol. The van der Waals surface area contributed by atoms with Crippen molar-refractivity contribution in [1.82, 2.24) is 5.16 Å². The summed E-state index contributed by atoms with van der Waals surface area (Å²) in [6.45, 7) is 5.65. The fourth-order valence-electron chi connectivity index (χ4n) is 2.54. The van der Waals surface area contributed by atoms with Crippen LogP contribution < -0.4 is 15.4 Å². The first kappa shape index (κ1) is 17.0. The van der Waals surface area contributed by atoms with E-state index in [1.165, 1.54) is 0 Å². The molecule has 0 aliphatic heterocycles. The molecule has 0 radical (unpaired) electrons. The van der Waals surface area contributed by atoms with Crippen LogP contribution in [-0.2, 0) is 9.59 Å². The molecule has 7 nitrogen and oxygen atoms in total. The van der Waals surface area contributed by atoms with E-state index >= 15 is 0 Å². The molecule has 7 heteroatoms. The summed E-state index contributed by atoms with van der Waals surface area (Å²) in [6.07, 6.45) is 0.628. The standard InChI is InChI=1S/C18H21N3O4/c1-10(2)24-13-6-4-12(5-7-13)19-17(22)14-9-15(14)18(23)20-16-8-11(3)25-21-16/h4-8,10,14-15H,9H2,1-3H3,(H,19,22)(H,20,21,23). The highest BCUT2D eigenvalue weighted by atomic mass is 16.5. The molecule has 2 aromatic rings. The topological polar surface area (TPSA) is 93.5 Å². The van der Waals surface area contributed by atoms with Gasteiger partial charge in [-0.05, 0) is 51.5 Å². The van der Waals surface area contributed by atoms with E-state index in [9.17, 15) is 9.59 Å². The maximum absolute atomic E-state index is 12.3. The Morgan fingerprint density at radius 3 is 2.36 bits per heavy atom. The van der Waals surface area contributed by atoms with Crippen LogP contribution in [-0.4, -0.2) is 23.1 Å². The average molecular weight is 343 g/mol. The Hall–Kier alpha value is -2.83. The van der Waals surface area contributed by atoms with E-state index in [4.69, 9.17) is 9.26 Å². The number of rotatable bonds is 6. The van der Waals surface area contributed by atoms with Crippen molar-refractivity contribution in [3.8, 4) is 5.75 Å². The highest BCUT2D eigenvalue weighted by molar-refractivity contribution is 6.02. The lowest BCUT2D eigenvalue weighted by Crippen LogP contribution is -2.20. The van der Waals surface area contributed by atoms with Crippen LogP contribution in [0.2, 0.25) is 0 Å². The maximum Gasteiger partial charge on any atom is 0.229 e. The summed E-state index contributed by atoms with van der Waals surface area (Å²) in [5.74, 6) is 0.711. The van der Waals surface area contributed by atoms with Gasteiger partial charge in [-0.15, -0.1) is 0 Å². The van der Waals surface area contributed by atoms with Crippen LogP contribution >= 0.6 is 0 Å². The lowest BCUT2D eigenvalue weighted by atomic mass is 10.2. The molecule has 1 fully saturated rings. The molecule has 25 heavy (non-hydrogen) atoms. The van der Waals surface area contributed by atoms with Crippen molar-refractivity contribution < 1.29 is 18.8 Å². The van der Waals surface area contributed by atoms with Crippen molar-refractivity contribution in [1.29, 1.82) is 0 Å². The third-order valence-corrected chi connectivity index (χ3v) is 3.84. The second-order valence-corrected chi connectivity index (χ2v) is 6.44. The molecule has 1 aliphatic rings. The highest BCUT2D eigenvalue weighted by Gasteiger charge is 2.48. The lowest BCUT2D eigenvalue weighted by molar-refractivity contribution is -0.122. The van der Waals surface area contributed by atoms with Crippen molar-refractivity contribution >= 4 is 23.3 Å². The second kappa shape index (κ2) is 6.96. The van der Waals surface area contributed by atoms with Crippen molar-refractivity contribution in [3.05, 3.63) is 36.1 Å². The number of hydrogen-bond donors (Lipinski definition) is 2. The molecule has 0 saturated heterocycles. The number of anilines is 2. The van der Waals surface area contributed by atoms with E-state index in [0.29, 0.717) is 23.7 Å². The van der Waals surface area contributed by atoms with Gasteiger partial charge in [0.05, 0.1) is 17.9 Å². The van der Waals surface area contributed by atoms with E-state index in [-0.39, 0.29) is 29.8 Å². The van der Waals surface area contributed by atoms with Gasteiger partial charge in [-0.2, -0.15) is 0 Å². The van der Waals surface area contributed by atoms with E-state index < -0.39 is 0 Å². The third kappa shape index (κ3) is 4.37. The number of nitrogens with one attached hydrogen (secondary N) is 2. The zero-order valence-electron chi connectivity index (χ0n) is 14.4. The Labute approximate surface area is 145 Å². The highest BCUT2D eigenvalue weighted by Crippen LogP contribution is 2.40. The molecule has 2 unspecified atom stereocenters. The molecule has 1 heterocycles. The van der Waals surface area contributed by atoms with Gasteiger partial charge >= 0.3 is 0 Å². The smallest absolute Gasteiger partial charge is 0.229 e. The van der Waals surface area contributed by atoms with Crippen LogP contribution in [0.1, 0.15) is 26.0 Å². The number of benzene rings is 1. The van der Waals surface area contributed by atoms with Gasteiger partial charge in [-0.1, -0.05) is 5.16 Å². The normalized spacial score (nSPS) is 18.7. The average Bonchev–Trinajstić information content (AvgIpc) is 3.26. The molecule has 1 saturated carbocycles. The summed E-state index contributed by atoms with van der Waals surface area (Å²) in [5.41, 5.74) is 0.680. The van der Waals surface area contributed by atoms with Crippen LogP contribution in [0.4, 0.5) is 11.5 Å². The van der Waals surface area contributed by atoms with E-state index in [2.05, 4.69) is 15.8 Å². The number of amides is 2. The monoisotopic (exact) mass is 343 g/mol. The van der Waals surface area contributed by atoms with Gasteiger partial charge in [0.1, 0.15) is 11.5 Å². The molecular weight excluding hydrogens is 322 g/mol. The molecule has 1 aromatic carbocycles. The zero-order chi connectivity index (χ0) is 18.0. The third-order valence-electron chi connectivity index (χ3n) is 3.84. The molecule has 3 rings (SSSR count). The van der Waals surface area contributed by atoms with E-state index in [1.54, 1.807) is 37.3 Å². The SMILES string of the molecule is Cc1cc(NC(=O)C2CC2C(=O)Nc2ccc(OC(C)C)cc2)no1. The number of nitrogens with zero attached hydrogens (tertiary/aromatic N) is 1. The Morgan fingerprint density at radius 2 is 1.80 bits per heavy atom. The van der Waals surface area contributed by atoms with Gasteiger partial charge in [0.15, 0.2) is 5.82 Å². The molecule has 1 aromatic heterocycles. The molecule has 1 aliphatic carbocycles. The summed E-state index contributed by atoms with van der Waals surface area (Å²) in [5, 5.41) is 9.20. The number of aryl methyl sites for hydroxylation is 1. The molecule has 0 bridgehead atoms. The molecular formula is C18H21N3O4. The van der Waals surface area contributed by atoms with Crippen LogP contribution in [0, 0.1) is 18.8 Å². The first-order valence-electron chi connectivity index (χ1n) is 8.24. The summed E-state index contributed by atoms with van der Waals surface area (Å²) < 4.78 is 10.5. The van der Waals surface area contributed by atoms with Crippen molar-refractivity contribution in [2.75, 3.05) is 10.6 Å².